The molecular formula is C11H14N4O. The molecule has 16 heavy (non-hydrogen) atoms. The Labute approximate surface area is 94.5 Å². The fraction of sp³-hybridized carbons (Fsp3) is 0.364. The van der Waals surface area contributed by atoms with Crippen molar-refractivity contribution in [3.05, 3.63) is 24.0 Å². The molecule has 5 nitrogen and oxygen atoms in total. The molecule has 2 N–H and O–H groups in total. The first kappa shape index (κ1) is 12.0. The molecule has 0 spiro atoms. The van der Waals surface area contributed by atoms with E-state index < -0.39 is 5.91 Å². The Bertz CT molecular complexity index is 422. The smallest absolute Gasteiger partial charge is 0.236 e. The average molecular weight is 218 g/mol. The van der Waals surface area contributed by atoms with Crippen LogP contribution in [-0.2, 0) is 4.79 Å². The molecule has 1 amide bonds. The van der Waals surface area contributed by atoms with Crippen LogP contribution in [0.4, 0.5) is 5.69 Å². The first-order valence-corrected chi connectivity index (χ1v) is 4.95. The van der Waals surface area contributed by atoms with Crippen LogP contribution in [0.5, 0.6) is 0 Å². The van der Waals surface area contributed by atoms with E-state index in [0.717, 1.165) is 0 Å². The van der Waals surface area contributed by atoms with Crippen molar-refractivity contribution in [3.63, 3.8) is 0 Å². The summed E-state index contributed by atoms with van der Waals surface area (Å²) in [6.07, 6.45) is 3.12. The third-order valence-corrected chi connectivity index (χ3v) is 2.18. The summed E-state index contributed by atoms with van der Waals surface area (Å²) in [6.45, 7) is 3.94. The number of hydrogen-bond donors (Lipinski definition) is 1. The number of anilines is 1. The summed E-state index contributed by atoms with van der Waals surface area (Å²) in [5.41, 5.74) is 6.30. The van der Waals surface area contributed by atoms with Crippen LogP contribution in [0.2, 0.25) is 0 Å². The molecule has 0 aliphatic heterocycles. The predicted molar refractivity (Wildman–Crippen MR) is 60.6 cm³/mol. The maximum Gasteiger partial charge on any atom is 0.236 e. The van der Waals surface area contributed by atoms with Gasteiger partial charge in [0.05, 0.1) is 24.0 Å². The van der Waals surface area contributed by atoms with Crippen LogP contribution in [0, 0.1) is 11.3 Å². The third-order valence-electron chi connectivity index (χ3n) is 2.18. The molecule has 5 heteroatoms. The van der Waals surface area contributed by atoms with Gasteiger partial charge < -0.3 is 10.6 Å². The Balaban J connectivity index is 3.11. The quantitative estimate of drug-likeness (QED) is 0.804. The summed E-state index contributed by atoms with van der Waals surface area (Å²) in [5.74, 6) is -0.429. The Morgan fingerprint density at radius 1 is 1.69 bits per heavy atom. The van der Waals surface area contributed by atoms with Crippen molar-refractivity contribution in [2.24, 2.45) is 5.73 Å². The van der Waals surface area contributed by atoms with E-state index in [-0.39, 0.29) is 12.6 Å². The van der Waals surface area contributed by atoms with Crippen molar-refractivity contribution < 1.29 is 4.79 Å². The molecular weight excluding hydrogens is 204 g/mol. The van der Waals surface area contributed by atoms with Crippen molar-refractivity contribution in [2.75, 3.05) is 11.4 Å². The number of primary amides is 1. The fourth-order valence-electron chi connectivity index (χ4n) is 1.42. The molecule has 0 radical (unpaired) electrons. The normalized spacial score (nSPS) is 9.88. The zero-order chi connectivity index (χ0) is 12.1. The number of nitrogens with two attached hydrogens (primary N) is 1. The summed E-state index contributed by atoms with van der Waals surface area (Å²) in [7, 11) is 0. The highest BCUT2D eigenvalue weighted by Crippen LogP contribution is 2.20. The van der Waals surface area contributed by atoms with E-state index in [1.807, 2.05) is 13.8 Å². The molecule has 0 bridgehead atoms. The van der Waals surface area contributed by atoms with E-state index in [1.165, 1.54) is 0 Å². The van der Waals surface area contributed by atoms with Crippen molar-refractivity contribution in [2.45, 2.75) is 19.9 Å². The Hall–Kier alpha value is -2.09. The number of hydrogen-bond acceptors (Lipinski definition) is 4. The molecule has 0 aliphatic carbocycles. The van der Waals surface area contributed by atoms with Crippen LogP contribution in [0.1, 0.15) is 19.4 Å². The summed E-state index contributed by atoms with van der Waals surface area (Å²) in [4.78, 5) is 16.7. The standard InChI is InChI=1S/C11H14N4O/c1-8(2)15(7-11(13)16)10-6-14-4-3-9(10)5-12/h3-4,6,8H,7H2,1-2H3,(H2,13,16). The minimum atomic E-state index is -0.429. The summed E-state index contributed by atoms with van der Waals surface area (Å²) in [6, 6.07) is 3.76. The highest BCUT2D eigenvalue weighted by Gasteiger charge is 2.16. The number of aromatic nitrogens is 1. The molecule has 0 unspecified atom stereocenters. The zero-order valence-corrected chi connectivity index (χ0v) is 9.34. The van der Waals surface area contributed by atoms with Gasteiger partial charge >= 0.3 is 0 Å². The van der Waals surface area contributed by atoms with Crippen LogP contribution < -0.4 is 10.6 Å². The first-order valence-electron chi connectivity index (χ1n) is 4.95. The first-order chi connectivity index (χ1) is 7.56. The number of rotatable bonds is 4. The second-order valence-electron chi connectivity index (χ2n) is 3.69. The average Bonchev–Trinajstić information content (AvgIpc) is 2.25. The molecule has 0 fully saturated rings. The molecule has 1 aromatic rings. The summed E-state index contributed by atoms with van der Waals surface area (Å²) in [5, 5.41) is 8.96. The number of nitriles is 1. The van der Waals surface area contributed by atoms with Gasteiger partial charge in [-0.3, -0.25) is 9.78 Å². The second-order valence-corrected chi connectivity index (χ2v) is 3.69. The highest BCUT2D eigenvalue weighted by atomic mass is 16.1. The van der Waals surface area contributed by atoms with E-state index in [0.29, 0.717) is 11.3 Å². The molecule has 0 aliphatic rings. The van der Waals surface area contributed by atoms with Gasteiger partial charge in [-0.25, -0.2) is 0 Å². The molecule has 84 valence electrons. The highest BCUT2D eigenvalue weighted by molar-refractivity contribution is 5.80. The Morgan fingerprint density at radius 3 is 2.88 bits per heavy atom. The molecule has 1 aromatic heterocycles. The lowest BCUT2D eigenvalue weighted by Gasteiger charge is -2.27. The molecule has 1 heterocycles. The second kappa shape index (κ2) is 5.12. The van der Waals surface area contributed by atoms with Crippen molar-refractivity contribution >= 4 is 11.6 Å². The minimum Gasteiger partial charge on any atom is -0.368 e. The van der Waals surface area contributed by atoms with Crippen molar-refractivity contribution in [1.29, 1.82) is 5.26 Å². The largest absolute Gasteiger partial charge is 0.368 e. The van der Waals surface area contributed by atoms with E-state index >= 15 is 0 Å². The van der Waals surface area contributed by atoms with Crippen LogP contribution in [0.3, 0.4) is 0 Å². The molecule has 0 aromatic carbocycles. The van der Waals surface area contributed by atoms with Crippen molar-refractivity contribution in [1.82, 2.24) is 4.98 Å². The van der Waals surface area contributed by atoms with Gasteiger partial charge in [0, 0.05) is 12.2 Å². The fourth-order valence-corrected chi connectivity index (χ4v) is 1.42. The van der Waals surface area contributed by atoms with Gasteiger partial charge in [0.15, 0.2) is 0 Å². The predicted octanol–water partition coefficient (Wildman–Crippen LogP) is 0.653. The Kier molecular flexibility index (Phi) is 3.84. The van der Waals surface area contributed by atoms with Gasteiger partial charge in [-0.05, 0) is 19.9 Å². The van der Waals surface area contributed by atoms with Crippen LogP contribution in [0.15, 0.2) is 18.5 Å². The summed E-state index contributed by atoms with van der Waals surface area (Å²) >= 11 is 0. The lowest BCUT2D eigenvalue weighted by atomic mass is 10.2. The molecule has 0 atom stereocenters. The lowest BCUT2D eigenvalue weighted by molar-refractivity contribution is -0.116. The number of pyridine rings is 1. The topological polar surface area (TPSA) is 83.0 Å². The number of carbonyl (C=O) groups is 1. The van der Waals surface area contributed by atoms with Gasteiger partial charge in [-0.15, -0.1) is 0 Å². The van der Waals surface area contributed by atoms with E-state index in [4.69, 9.17) is 11.0 Å². The summed E-state index contributed by atoms with van der Waals surface area (Å²) < 4.78 is 0. The monoisotopic (exact) mass is 218 g/mol. The van der Waals surface area contributed by atoms with Crippen LogP contribution in [-0.4, -0.2) is 23.5 Å². The number of carbonyl (C=O) groups excluding carboxylic acids is 1. The van der Waals surface area contributed by atoms with Gasteiger partial charge in [-0.2, -0.15) is 5.26 Å². The Morgan fingerprint density at radius 2 is 2.38 bits per heavy atom. The minimum absolute atomic E-state index is 0.0730. The molecule has 1 rings (SSSR count). The van der Waals surface area contributed by atoms with Crippen LogP contribution in [0.25, 0.3) is 0 Å². The number of nitrogens with zero attached hydrogens (tertiary/aromatic N) is 3. The van der Waals surface area contributed by atoms with Gasteiger partial charge in [0.2, 0.25) is 5.91 Å². The van der Waals surface area contributed by atoms with Gasteiger partial charge in [0.25, 0.3) is 0 Å². The molecule has 0 saturated heterocycles. The van der Waals surface area contributed by atoms with Crippen molar-refractivity contribution in [3.8, 4) is 6.07 Å². The van der Waals surface area contributed by atoms with E-state index in [1.54, 1.807) is 23.4 Å². The van der Waals surface area contributed by atoms with E-state index in [2.05, 4.69) is 11.1 Å². The third kappa shape index (κ3) is 2.70. The van der Waals surface area contributed by atoms with E-state index in [9.17, 15) is 4.79 Å². The number of amides is 1. The lowest BCUT2D eigenvalue weighted by Crippen LogP contribution is -2.39. The molecule has 0 saturated carbocycles. The zero-order valence-electron chi connectivity index (χ0n) is 9.34. The SMILES string of the molecule is CC(C)N(CC(N)=O)c1cnccc1C#N. The van der Waals surface area contributed by atoms with Gasteiger partial charge in [0.1, 0.15) is 6.07 Å². The maximum absolute atomic E-state index is 11.0. The van der Waals surface area contributed by atoms with Gasteiger partial charge in [-0.1, -0.05) is 0 Å². The van der Waals surface area contributed by atoms with Crippen LogP contribution >= 0.6 is 0 Å². The maximum atomic E-state index is 11.0.